The number of Topliss-reactive ketones (excluding diaryl/α,β-unsaturated/α-hetero) is 1. The van der Waals surface area contributed by atoms with E-state index in [0.717, 1.165) is 12.8 Å². The summed E-state index contributed by atoms with van der Waals surface area (Å²) in [5.41, 5.74) is 0. The number of esters is 1. The summed E-state index contributed by atoms with van der Waals surface area (Å²) in [6, 6.07) is 0. The molecular weight excluding hydrogens is 168 g/mol. The monoisotopic (exact) mass is 186 g/mol. The highest BCUT2D eigenvalue weighted by molar-refractivity contribution is 5.98. The van der Waals surface area contributed by atoms with E-state index in [-0.39, 0.29) is 5.78 Å². The Labute approximate surface area is 79.5 Å². The number of hydrogen-bond donors (Lipinski definition) is 0. The van der Waals surface area contributed by atoms with Gasteiger partial charge in [-0.15, -0.1) is 0 Å². The predicted molar refractivity (Wildman–Crippen MR) is 50.3 cm³/mol. The van der Waals surface area contributed by atoms with Gasteiger partial charge in [0.15, 0.2) is 0 Å². The van der Waals surface area contributed by atoms with E-state index in [4.69, 9.17) is 0 Å². The zero-order valence-corrected chi connectivity index (χ0v) is 8.63. The molecule has 0 aliphatic carbocycles. The third kappa shape index (κ3) is 4.06. The number of rotatable bonds is 6. The smallest absolute Gasteiger partial charge is 0.316 e. The fourth-order valence-electron chi connectivity index (χ4n) is 1.19. The minimum atomic E-state index is -0.545. The zero-order chi connectivity index (χ0) is 10.3. The third-order valence-corrected chi connectivity index (χ3v) is 2.06. The Balaban J connectivity index is 4.07. The molecule has 3 nitrogen and oxygen atoms in total. The van der Waals surface area contributed by atoms with Gasteiger partial charge >= 0.3 is 5.97 Å². The van der Waals surface area contributed by atoms with Gasteiger partial charge in [-0.3, -0.25) is 9.59 Å². The van der Waals surface area contributed by atoms with Crippen molar-refractivity contribution in [2.24, 2.45) is 5.92 Å². The Morgan fingerprint density at radius 3 is 2.31 bits per heavy atom. The molecule has 0 heterocycles. The summed E-state index contributed by atoms with van der Waals surface area (Å²) in [5, 5.41) is 0. The summed E-state index contributed by atoms with van der Waals surface area (Å²) < 4.78 is 4.54. The molecule has 0 rings (SSSR count). The first-order chi connectivity index (χ1) is 6.17. The molecule has 0 spiro atoms. The molecule has 3 heteroatoms. The second kappa shape index (κ2) is 6.63. The van der Waals surface area contributed by atoms with Gasteiger partial charge in [0, 0.05) is 6.42 Å². The van der Waals surface area contributed by atoms with E-state index in [1.54, 1.807) is 0 Å². The number of methoxy groups -OCH3 is 1. The highest BCUT2D eigenvalue weighted by Gasteiger charge is 2.24. The van der Waals surface area contributed by atoms with Crippen LogP contribution in [-0.2, 0) is 14.3 Å². The van der Waals surface area contributed by atoms with Crippen LogP contribution in [0.25, 0.3) is 0 Å². The molecule has 0 aliphatic heterocycles. The van der Waals surface area contributed by atoms with Crippen LogP contribution in [-0.4, -0.2) is 18.9 Å². The molecule has 0 saturated heterocycles. The van der Waals surface area contributed by atoms with Crippen LogP contribution in [0.5, 0.6) is 0 Å². The van der Waals surface area contributed by atoms with Crippen LogP contribution in [0.4, 0.5) is 0 Å². The number of hydrogen-bond acceptors (Lipinski definition) is 3. The van der Waals surface area contributed by atoms with Crippen molar-refractivity contribution in [3.8, 4) is 0 Å². The van der Waals surface area contributed by atoms with Crippen LogP contribution >= 0.6 is 0 Å². The van der Waals surface area contributed by atoms with Crippen LogP contribution < -0.4 is 0 Å². The minimum Gasteiger partial charge on any atom is -0.468 e. The van der Waals surface area contributed by atoms with Crippen LogP contribution in [0.1, 0.15) is 39.5 Å². The molecule has 0 fully saturated rings. The molecule has 76 valence electrons. The third-order valence-electron chi connectivity index (χ3n) is 2.06. The van der Waals surface area contributed by atoms with Crippen molar-refractivity contribution >= 4 is 11.8 Å². The SMILES string of the molecule is CCCCC(=O)C(CC)C(=O)OC. The molecule has 0 aromatic heterocycles. The van der Waals surface area contributed by atoms with Gasteiger partial charge in [-0.2, -0.15) is 0 Å². The largest absolute Gasteiger partial charge is 0.468 e. The molecule has 1 atom stereocenters. The lowest BCUT2D eigenvalue weighted by molar-refractivity contribution is -0.149. The van der Waals surface area contributed by atoms with E-state index in [1.807, 2.05) is 13.8 Å². The van der Waals surface area contributed by atoms with Crippen LogP contribution in [0.15, 0.2) is 0 Å². The molecule has 0 saturated carbocycles. The first kappa shape index (κ1) is 12.1. The lowest BCUT2D eigenvalue weighted by atomic mass is 9.97. The highest BCUT2D eigenvalue weighted by atomic mass is 16.5. The van der Waals surface area contributed by atoms with Gasteiger partial charge in [0.05, 0.1) is 7.11 Å². The van der Waals surface area contributed by atoms with Crippen LogP contribution in [0, 0.1) is 5.92 Å². The van der Waals surface area contributed by atoms with Gasteiger partial charge in [0.2, 0.25) is 0 Å². The van der Waals surface area contributed by atoms with Crippen molar-refractivity contribution in [3.05, 3.63) is 0 Å². The Bertz CT molecular complexity index is 175. The molecule has 0 amide bonds. The average molecular weight is 186 g/mol. The summed E-state index contributed by atoms with van der Waals surface area (Å²) in [6.45, 7) is 3.85. The lowest BCUT2D eigenvalue weighted by Gasteiger charge is -2.10. The fraction of sp³-hybridized carbons (Fsp3) is 0.800. The van der Waals surface area contributed by atoms with E-state index >= 15 is 0 Å². The summed E-state index contributed by atoms with van der Waals surface area (Å²) in [6.07, 6.45) is 2.86. The van der Waals surface area contributed by atoms with Crippen molar-refractivity contribution in [3.63, 3.8) is 0 Å². The van der Waals surface area contributed by atoms with Crippen molar-refractivity contribution in [1.82, 2.24) is 0 Å². The first-order valence-electron chi connectivity index (χ1n) is 4.77. The molecule has 0 radical (unpaired) electrons. The standard InChI is InChI=1S/C10H18O3/c1-4-6-7-9(11)8(5-2)10(12)13-3/h8H,4-7H2,1-3H3. The van der Waals surface area contributed by atoms with Crippen molar-refractivity contribution < 1.29 is 14.3 Å². The maximum Gasteiger partial charge on any atom is 0.316 e. The molecule has 0 N–H and O–H groups in total. The summed E-state index contributed by atoms with van der Waals surface area (Å²) in [4.78, 5) is 22.5. The van der Waals surface area contributed by atoms with Gasteiger partial charge in [-0.25, -0.2) is 0 Å². The minimum absolute atomic E-state index is 0.0104. The van der Waals surface area contributed by atoms with Gasteiger partial charge in [-0.1, -0.05) is 20.3 Å². The van der Waals surface area contributed by atoms with Crippen molar-refractivity contribution in [2.45, 2.75) is 39.5 Å². The number of carbonyl (C=O) groups is 2. The fourth-order valence-corrected chi connectivity index (χ4v) is 1.19. The number of ether oxygens (including phenoxy) is 1. The van der Waals surface area contributed by atoms with E-state index in [0.29, 0.717) is 12.8 Å². The van der Waals surface area contributed by atoms with Crippen molar-refractivity contribution in [1.29, 1.82) is 0 Å². The summed E-state index contributed by atoms with van der Waals surface area (Å²) >= 11 is 0. The first-order valence-corrected chi connectivity index (χ1v) is 4.77. The van der Waals surface area contributed by atoms with Crippen LogP contribution in [0.2, 0.25) is 0 Å². The molecule has 1 unspecified atom stereocenters. The topological polar surface area (TPSA) is 43.4 Å². The van der Waals surface area contributed by atoms with Crippen molar-refractivity contribution in [2.75, 3.05) is 7.11 Å². The quantitative estimate of drug-likeness (QED) is 0.470. The molecular formula is C10H18O3. The molecule has 0 aromatic rings. The van der Waals surface area contributed by atoms with Gasteiger partial charge in [0.25, 0.3) is 0 Å². The Morgan fingerprint density at radius 1 is 1.31 bits per heavy atom. The number of carbonyl (C=O) groups excluding carboxylic acids is 2. The molecule has 13 heavy (non-hydrogen) atoms. The Morgan fingerprint density at radius 2 is 1.92 bits per heavy atom. The van der Waals surface area contributed by atoms with E-state index in [2.05, 4.69) is 4.74 Å². The Hall–Kier alpha value is -0.860. The Kier molecular flexibility index (Phi) is 6.20. The van der Waals surface area contributed by atoms with Crippen LogP contribution in [0.3, 0.4) is 0 Å². The van der Waals surface area contributed by atoms with Gasteiger partial charge in [0.1, 0.15) is 11.7 Å². The molecule has 0 aromatic carbocycles. The summed E-state index contributed by atoms with van der Waals surface area (Å²) in [5.74, 6) is -0.934. The second-order valence-corrected chi connectivity index (χ2v) is 3.05. The second-order valence-electron chi connectivity index (χ2n) is 3.05. The van der Waals surface area contributed by atoms with E-state index in [1.165, 1.54) is 7.11 Å². The predicted octanol–water partition coefficient (Wildman–Crippen LogP) is 1.94. The van der Waals surface area contributed by atoms with E-state index in [9.17, 15) is 9.59 Å². The van der Waals surface area contributed by atoms with Gasteiger partial charge in [-0.05, 0) is 12.8 Å². The number of unbranched alkanes of at least 4 members (excludes halogenated alkanes) is 1. The average Bonchev–Trinajstić information content (AvgIpc) is 2.15. The summed E-state index contributed by atoms with van der Waals surface area (Å²) in [7, 11) is 1.32. The number of ketones is 1. The maximum absolute atomic E-state index is 11.4. The highest BCUT2D eigenvalue weighted by Crippen LogP contribution is 2.11. The normalized spacial score (nSPS) is 12.2. The molecule has 0 aliphatic rings. The molecule has 0 bridgehead atoms. The zero-order valence-electron chi connectivity index (χ0n) is 8.63. The van der Waals surface area contributed by atoms with E-state index < -0.39 is 11.9 Å². The lowest BCUT2D eigenvalue weighted by Crippen LogP contribution is -2.24. The maximum atomic E-state index is 11.4. The van der Waals surface area contributed by atoms with Gasteiger partial charge < -0.3 is 4.74 Å².